The molecule has 0 saturated heterocycles. The van der Waals surface area contributed by atoms with Crippen LogP contribution in [0.5, 0.6) is 0 Å². The van der Waals surface area contributed by atoms with Crippen LogP contribution in [0.1, 0.15) is 62.0 Å². The maximum absolute atomic E-state index is 13.4. The summed E-state index contributed by atoms with van der Waals surface area (Å²) in [5, 5.41) is 21.7. The summed E-state index contributed by atoms with van der Waals surface area (Å²) in [4.78, 5) is 30.4. The first kappa shape index (κ1) is 22.9. The minimum Gasteiger partial charge on any atom is -0.464 e. The van der Waals surface area contributed by atoms with Gasteiger partial charge in [0.15, 0.2) is 9.92 Å². The first-order valence-electron chi connectivity index (χ1n) is 10.4. The number of anilines is 1. The molecule has 3 atom stereocenters. The summed E-state index contributed by atoms with van der Waals surface area (Å²) in [6, 6.07) is -0.535. The van der Waals surface area contributed by atoms with Gasteiger partial charge >= 0.3 is 12.1 Å². The second kappa shape index (κ2) is 7.92. The molecule has 5 N–H and O–H groups in total. The van der Waals surface area contributed by atoms with Gasteiger partial charge in [-0.25, -0.2) is 23.3 Å². The highest BCUT2D eigenvalue weighted by Gasteiger charge is 2.43. The standard InChI is InChI=1S/C20H27N5O5S2/c1-10-7-8-12-15(10)22-13-6-4-5-11(13)16(12)23-18(26)25-9-14(31-17(25)20(2,3)29)32(21,30)24-19(27)28/h9-10,17,29H,4-8H2,1-3H3,(H,27,28)(H2,21,24,30)(H,22,23,26). The number of nitrogens with one attached hydrogen (secondary N) is 3. The highest BCUT2D eigenvalue weighted by Crippen LogP contribution is 2.44. The number of carbonyl (C=O) groups excluding carboxylic acids is 1. The molecule has 1 aliphatic heterocycles. The highest BCUT2D eigenvalue weighted by atomic mass is 32.3. The van der Waals surface area contributed by atoms with Gasteiger partial charge in [0.2, 0.25) is 0 Å². The highest BCUT2D eigenvalue weighted by molar-refractivity contribution is 8.19. The topological polar surface area (TPSA) is 156 Å². The Bertz CT molecular complexity index is 1130. The SMILES string of the molecule is CC1CCc2c1nc1c(c2NC(=O)N2C=C(S(=N)(=O)NC(=O)O)SC2C(C)(C)O)CCC1. The summed E-state index contributed by atoms with van der Waals surface area (Å²) in [5.74, 6) is 0.319. The second-order valence-electron chi connectivity index (χ2n) is 8.94. The van der Waals surface area contributed by atoms with E-state index in [2.05, 4.69) is 12.2 Å². The number of thioether (sulfide) groups is 1. The Labute approximate surface area is 191 Å². The fraction of sp³-hybridized carbons (Fsp3) is 0.550. The van der Waals surface area contributed by atoms with Gasteiger partial charge in [-0.2, -0.15) is 0 Å². The largest absolute Gasteiger partial charge is 0.464 e. The Morgan fingerprint density at radius 3 is 2.69 bits per heavy atom. The first-order chi connectivity index (χ1) is 14.9. The number of aryl methyl sites for hydroxylation is 1. The fourth-order valence-electron chi connectivity index (χ4n) is 4.47. The van der Waals surface area contributed by atoms with Crippen LogP contribution >= 0.6 is 11.8 Å². The van der Waals surface area contributed by atoms with E-state index >= 15 is 0 Å². The number of hydrogen-bond donors (Lipinski definition) is 5. The number of urea groups is 1. The molecular formula is C20H27N5O5S2. The lowest BCUT2D eigenvalue weighted by Crippen LogP contribution is -2.47. The first-order valence-corrected chi connectivity index (χ1v) is 12.9. The lowest BCUT2D eigenvalue weighted by molar-refractivity contribution is 0.0470. The molecule has 0 spiro atoms. The minimum atomic E-state index is -3.89. The lowest BCUT2D eigenvalue weighted by atomic mass is 10.0. The van der Waals surface area contributed by atoms with E-state index in [1.165, 1.54) is 24.9 Å². The third-order valence-electron chi connectivity index (χ3n) is 5.96. The molecule has 0 fully saturated rings. The van der Waals surface area contributed by atoms with Crippen molar-refractivity contribution in [3.8, 4) is 0 Å². The van der Waals surface area contributed by atoms with Crippen molar-refractivity contribution in [1.29, 1.82) is 4.78 Å². The number of hydrogen-bond acceptors (Lipinski definition) is 7. The van der Waals surface area contributed by atoms with Crippen LogP contribution in [-0.2, 0) is 29.2 Å². The Morgan fingerprint density at radius 1 is 1.31 bits per heavy atom. The quantitative estimate of drug-likeness (QED) is 0.441. The number of nitrogens with zero attached hydrogens (tertiary/aromatic N) is 2. The second-order valence-corrected chi connectivity index (χ2v) is 12.1. The number of carboxylic acid groups (broad SMARTS) is 1. The predicted molar refractivity (Wildman–Crippen MR) is 122 cm³/mol. The Kier molecular flexibility index (Phi) is 5.66. The summed E-state index contributed by atoms with van der Waals surface area (Å²) in [6.07, 6.45) is 4.04. The van der Waals surface area contributed by atoms with Gasteiger partial charge in [0.25, 0.3) is 0 Å². The van der Waals surface area contributed by atoms with Gasteiger partial charge in [0, 0.05) is 17.6 Å². The van der Waals surface area contributed by atoms with Gasteiger partial charge in [-0.15, -0.1) is 0 Å². The van der Waals surface area contributed by atoms with Gasteiger partial charge in [0.05, 0.1) is 11.3 Å². The molecule has 0 aromatic carbocycles. The maximum atomic E-state index is 13.4. The normalized spacial score (nSPS) is 23.9. The molecule has 2 aliphatic carbocycles. The van der Waals surface area contributed by atoms with E-state index in [0.717, 1.165) is 72.1 Å². The molecule has 3 unspecified atom stereocenters. The third-order valence-corrected chi connectivity index (χ3v) is 9.45. The molecule has 10 nitrogen and oxygen atoms in total. The average molecular weight is 482 g/mol. The van der Waals surface area contributed by atoms with E-state index in [4.69, 9.17) is 14.9 Å². The van der Waals surface area contributed by atoms with Gasteiger partial charge in [-0.3, -0.25) is 9.88 Å². The van der Waals surface area contributed by atoms with Gasteiger partial charge in [-0.1, -0.05) is 18.7 Å². The van der Waals surface area contributed by atoms with Crippen LogP contribution in [0, 0.1) is 4.78 Å². The molecule has 0 bridgehead atoms. The molecule has 4 rings (SSSR count). The van der Waals surface area contributed by atoms with Crippen LogP contribution in [0.15, 0.2) is 10.4 Å². The van der Waals surface area contributed by atoms with E-state index in [0.29, 0.717) is 5.92 Å². The van der Waals surface area contributed by atoms with Crippen molar-refractivity contribution in [2.45, 2.75) is 69.8 Å². The molecule has 1 aromatic rings. The number of amides is 3. The number of rotatable bonds is 4. The third kappa shape index (κ3) is 4.06. The van der Waals surface area contributed by atoms with Crippen LogP contribution in [0.4, 0.5) is 15.3 Å². The van der Waals surface area contributed by atoms with E-state index in [9.17, 15) is 18.9 Å². The fourth-order valence-corrected chi connectivity index (χ4v) is 6.97. The van der Waals surface area contributed by atoms with E-state index in [-0.39, 0.29) is 4.24 Å². The van der Waals surface area contributed by atoms with E-state index in [1.807, 2.05) is 0 Å². The Balaban J connectivity index is 1.69. The molecule has 32 heavy (non-hydrogen) atoms. The van der Waals surface area contributed by atoms with Gasteiger partial charge < -0.3 is 15.5 Å². The molecule has 1 aromatic heterocycles. The van der Waals surface area contributed by atoms with Crippen molar-refractivity contribution in [3.05, 3.63) is 33.0 Å². The average Bonchev–Trinajstić information content (AvgIpc) is 3.38. The molecule has 3 aliphatic rings. The molecule has 0 radical (unpaired) electrons. The van der Waals surface area contributed by atoms with Gasteiger partial charge in [-0.05, 0) is 63.0 Å². The Morgan fingerprint density at radius 2 is 2.03 bits per heavy atom. The smallest absolute Gasteiger partial charge is 0.417 e. The van der Waals surface area contributed by atoms with Crippen molar-refractivity contribution < 1.29 is 24.0 Å². The number of aliphatic hydroxyl groups is 1. The molecule has 12 heteroatoms. The summed E-state index contributed by atoms with van der Waals surface area (Å²) < 4.78 is 22.1. The summed E-state index contributed by atoms with van der Waals surface area (Å²) in [7, 11) is -3.89. The van der Waals surface area contributed by atoms with Crippen molar-refractivity contribution in [2.75, 3.05) is 5.32 Å². The van der Waals surface area contributed by atoms with Crippen molar-refractivity contribution >= 4 is 39.5 Å². The number of aromatic nitrogens is 1. The van der Waals surface area contributed by atoms with Crippen molar-refractivity contribution in [2.24, 2.45) is 0 Å². The van der Waals surface area contributed by atoms with Crippen molar-refractivity contribution in [1.82, 2.24) is 14.6 Å². The van der Waals surface area contributed by atoms with E-state index in [1.54, 1.807) is 4.72 Å². The van der Waals surface area contributed by atoms with Gasteiger partial charge in [0.1, 0.15) is 9.61 Å². The Hall–Kier alpha value is -2.31. The van der Waals surface area contributed by atoms with E-state index < -0.39 is 33.0 Å². The zero-order valence-corrected chi connectivity index (χ0v) is 19.7. The molecule has 174 valence electrons. The van der Waals surface area contributed by atoms with Crippen LogP contribution in [0.25, 0.3) is 0 Å². The zero-order valence-electron chi connectivity index (χ0n) is 18.1. The predicted octanol–water partition coefficient (Wildman–Crippen LogP) is 3.33. The maximum Gasteiger partial charge on any atom is 0.417 e. The molecule has 0 saturated carbocycles. The number of carbonyl (C=O) groups is 2. The molecular weight excluding hydrogens is 454 g/mol. The monoisotopic (exact) mass is 481 g/mol. The summed E-state index contributed by atoms with van der Waals surface area (Å²) in [6.45, 7) is 5.13. The molecule has 3 amide bonds. The lowest BCUT2D eigenvalue weighted by Gasteiger charge is -2.32. The summed E-state index contributed by atoms with van der Waals surface area (Å²) in [5.41, 5.74) is 3.48. The zero-order chi connectivity index (χ0) is 23.4. The van der Waals surface area contributed by atoms with Crippen molar-refractivity contribution in [3.63, 3.8) is 0 Å². The van der Waals surface area contributed by atoms with Crippen LogP contribution in [-0.4, -0.2) is 47.4 Å². The number of fused-ring (bicyclic) bond motifs is 2. The van der Waals surface area contributed by atoms with Crippen LogP contribution in [0.3, 0.4) is 0 Å². The van der Waals surface area contributed by atoms with Crippen LogP contribution < -0.4 is 10.0 Å². The number of pyridine rings is 1. The minimum absolute atomic E-state index is 0.138. The van der Waals surface area contributed by atoms with Crippen LogP contribution in [0.2, 0.25) is 0 Å². The summed E-state index contributed by atoms with van der Waals surface area (Å²) >= 11 is 0.840. The molecule has 2 heterocycles.